The van der Waals surface area contributed by atoms with E-state index >= 15 is 0 Å². The van der Waals surface area contributed by atoms with E-state index in [4.69, 9.17) is 0 Å². The van der Waals surface area contributed by atoms with E-state index in [-0.39, 0.29) is 11.8 Å². The molecule has 0 atom stereocenters. The van der Waals surface area contributed by atoms with Gasteiger partial charge in [0, 0.05) is 31.6 Å². The van der Waals surface area contributed by atoms with Gasteiger partial charge in [0.25, 0.3) is 5.91 Å². The smallest absolute Gasteiger partial charge is 0.272 e. The van der Waals surface area contributed by atoms with E-state index in [0.29, 0.717) is 31.9 Å². The lowest BCUT2D eigenvalue weighted by Gasteiger charge is -2.38. The number of amides is 2. The number of carbonyl (C=O) groups is 2. The number of hydrogen-bond acceptors (Lipinski definition) is 3. The molecule has 2 heterocycles. The number of hydrogen-bond donors (Lipinski definition) is 0. The molecular formula is C24H25N3O2. The van der Waals surface area contributed by atoms with Crippen LogP contribution in [0.4, 0.5) is 0 Å². The molecule has 5 nitrogen and oxygen atoms in total. The summed E-state index contributed by atoms with van der Waals surface area (Å²) in [6, 6.07) is 21.3. The Hall–Kier alpha value is -3.21. The molecule has 0 spiro atoms. The number of aromatic nitrogens is 1. The molecule has 0 N–H and O–H groups in total. The predicted octanol–water partition coefficient (Wildman–Crippen LogP) is 3.50. The minimum absolute atomic E-state index is 0.0785. The maximum Gasteiger partial charge on any atom is 0.272 e. The van der Waals surface area contributed by atoms with Crippen molar-refractivity contribution in [1.29, 1.82) is 0 Å². The van der Waals surface area contributed by atoms with Crippen molar-refractivity contribution in [1.82, 2.24) is 14.8 Å². The van der Waals surface area contributed by atoms with Crippen LogP contribution >= 0.6 is 0 Å². The fourth-order valence-electron chi connectivity index (χ4n) is 3.83. The van der Waals surface area contributed by atoms with Crippen molar-refractivity contribution in [3.8, 4) is 0 Å². The quantitative estimate of drug-likeness (QED) is 0.691. The summed E-state index contributed by atoms with van der Waals surface area (Å²) < 4.78 is 0. The highest BCUT2D eigenvalue weighted by Gasteiger charge is 2.35. The highest BCUT2D eigenvalue weighted by atomic mass is 16.2. The SMILES string of the molecule is CC(C)(C(=O)N1CCN(C(=O)c2ccc3ccccc3n2)CC1)c1ccccc1. The summed E-state index contributed by atoms with van der Waals surface area (Å²) in [5.41, 5.74) is 1.68. The molecule has 0 unspecified atom stereocenters. The van der Waals surface area contributed by atoms with Crippen molar-refractivity contribution in [3.05, 3.63) is 78.0 Å². The summed E-state index contributed by atoms with van der Waals surface area (Å²) >= 11 is 0. The molecule has 4 rings (SSSR count). The van der Waals surface area contributed by atoms with Gasteiger partial charge in [-0.25, -0.2) is 4.98 Å². The summed E-state index contributed by atoms with van der Waals surface area (Å²) in [6.45, 7) is 6.03. The van der Waals surface area contributed by atoms with Gasteiger partial charge >= 0.3 is 0 Å². The van der Waals surface area contributed by atoms with Crippen LogP contribution in [0.25, 0.3) is 10.9 Å². The van der Waals surface area contributed by atoms with Crippen LogP contribution in [-0.4, -0.2) is 52.8 Å². The standard InChI is InChI=1S/C24H25N3O2/c1-24(2,19-9-4-3-5-10-19)23(29)27-16-14-26(15-17-27)22(28)21-13-12-18-8-6-7-11-20(18)25-21/h3-13H,14-17H2,1-2H3. The van der Waals surface area contributed by atoms with E-state index < -0.39 is 5.41 Å². The van der Waals surface area contributed by atoms with Crippen LogP contribution < -0.4 is 0 Å². The topological polar surface area (TPSA) is 53.5 Å². The molecule has 0 saturated carbocycles. The second kappa shape index (κ2) is 7.66. The zero-order valence-corrected chi connectivity index (χ0v) is 16.8. The number of piperazine rings is 1. The molecule has 5 heteroatoms. The van der Waals surface area contributed by atoms with Crippen LogP contribution in [0.2, 0.25) is 0 Å². The number of rotatable bonds is 3. The van der Waals surface area contributed by atoms with E-state index in [2.05, 4.69) is 4.98 Å². The fourth-order valence-corrected chi connectivity index (χ4v) is 3.83. The molecule has 3 aromatic rings. The monoisotopic (exact) mass is 387 g/mol. The van der Waals surface area contributed by atoms with Gasteiger partial charge in [-0.05, 0) is 31.5 Å². The van der Waals surface area contributed by atoms with Crippen LogP contribution in [0, 0.1) is 0 Å². The summed E-state index contributed by atoms with van der Waals surface area (Å²) in [5.74, 6) is 0.0183. The molecule has 1 aliphatic heterocycles. The summed E-state index contributed by atoms with van der Waals surface area (Å²) in [4.78, 5) is 34.2. The van der Waals surface area contributed by atoms with Crippen molar-refractivity contribution in [3.63, 3.8) is 0 Å². The van der Waals surface area contributed by atoms with Gasteiger partial charge in [0.15, 0.2) is 0 Å². The van der Waals surface area contributed by atoms with Crippen LogP contribution in [0.1, 0.15) is 29.9 Å². The molecule has 0 radical (unpaired) electrons. The van der Waals surface area contributed by atoms with Gasteiger partial charge in [-0.15, -0.1) is 0 Å². The number of fused-ring (bicyclic) bond motifs is 1. The van der Waals surface area contributed by atoms with Crippen molar-refractivity contribution >= 4 is 22.7 Å². The van der Waals surface area contributed by atoms with Crippen molar-refractivity contribution in [2.75, 3.05) is 26.2 Å². The maximum atomic E-state index is 13.1. The number of pyridine rings is 1. The summed E-state index contributed by atoms with van der Waals surface area (Å²) in [7, 11) is 0. The first kappa shape index (κ1) is 19.1. The van der Waals surface area contributed by atoms with E-state index in [1.807, 2.05) is 79.4 Å². The predicted molar refractivity (Wildman–Crippen MR) is 114 cm³/mol. The van der Waals surface area contributed by atoms with Crippen LogP contribution in [-0.2, 0) is 10.2 Å². The second-order valence-corrected chi connectivity index (χ2v) is 7.96. The molecule has 1 fully saturated rings. The first-order valence-corrected chi connectivity index (χ1v) is 9.97. The molecule has 1 aliphatic rings. The number of para-hydroxylation sites is 1. The normalized spacial score (nSPS) is 14.8. The molecule has 29 heavy (non-hydrogen) atoms. The molecule has 0 bridgehead atoms. The van der Waals surface area contributed by atoms with Gasteiger partial charge in [-0.3, -0.25) is 9.59 Å². The number of carbonyl (C=O) groups excluding carboxylic acids is 2. The second-order valence-electron chi connectivity index (χ2n) is 7.96. The maximum absolute atomic E-state index is 13.1. The number of benzene rings is 2. The number of nitrogens with zero attached hydrogens (tertiary/aromatic N) is 3. The molecule has 148 valence electrons. The Kier molecular flexibility index (Phi) is 5.05. The lowest BCUT2D eigenvalue weighted by atomic mass is 9.83. The highest BCUT2D eigenvalue weighted by Crippen LogP contribution is 2.26. The van der Waals surface area contributed by atoms with Crippen molar-refractivity contribution in [2.24, 2.45) is 0 Å². The fraction of sp³-hybridized carbons (Fsp3) is 0.292. The average Bonchev–Trinajstić information content (AvgIpc) is 2.78. The zero-order valence-electron chi connectivity index (χ0n) is 16.8. The van der Waals surface area contributed by atoms with Gasteiger partial charge in [-0.2, -0.15) is 0 Å². The first-order chi connectivity index (χ1) is 14.0. The van der Waals surface area contributed by atoms with Crippen LogP contribution in [0.15, 0.2) is 66.7 Å². The Labute approximate surface area is 171 Å². The third-order valence-electron chi connectivity index (χ3n) is 5.70. The molecule has 2 aromatic carbocycles. The summed E-state index contributed by atoms with van der Waals surface area (Å²) in [5, 5.41) is 1.02. The van der Waals surface area contributed by atoms with Crippen molar-refractivity contribution in [2.45, 2.75) is 19.3 Å². The van der Waals surface area contributed by atoms with Crippen molar-refractivity contribution < 1.29 is 9.59 Å². The Morgan fingerprint density at radius 1 is 0.793 bits per heavy atom. The van der Waals surface area contributed by atoms with Gasteiger partial charge in [0.05, 0.1) is 10.9 Å². The van der Waals surface area contributed by atoms with E-state index in [1.54, 1.807) is 11.0 Å². The largest absolute Gasteiger partial charge is 0.338 e. The highest BCUT2D eigenvalue weighted by molar-refractivity contribution is 5.95. The molecule has 1 saturated heterocycles. The van der Waals surface area contributed by atoms with E-state index in [0.717, 1.165) is 16.5 Å². The first-order valence-electron chi connectivity index (χ1n) is 9.97. The minimum Gasteiger partial charge on any atom is -0.338 e. The minimum atomic E-state index is -0.590. The lowest BCUT2D eigenvalue weighted by molar-refractivity contribution is -0.137. The Balaban J connectivity index is 1.43. The Morgan fingerprint density at radius 2 is 1.41 bits per heavy atom. The van der Waals surface area contributed by atoms with E-state index in [9.17, 15) is 9.59 Å². The molecule has 1 aromatic heterocycles. The third-order valence-corrected chi connectivity index (χ3v) is 5.70. The van der Waals surface area contributed by atoms with Gasteiger partial charge < -0.3 is 9.80 Å². The molecule has 2 amide bonds. The van der Waals surface area contributed by atoms with E-state index in [1.165, 1.54) is 0 Å². The Morgan fingerprint density at radius 3 is 2.14 bits per heavy atom. The van der Waals surface area contributed by atoms with Crippen LogP contribution in [0.5, 0.6) is 0 Å². The van der Waals surface area contributed by atoms with Gasteiger partial charge in [0.1, 0.15) is 5.69 Å². The van der Waals surface area contributed by atoms with Gasteiger partial charge in [-0.1, -0.05) is 54.6 Å². The van der Waals surface area contributed by atoms with Gasteiger partial charge in [0.2, 0.25) is 5.91 Å². The molecular weight excluding hydrogens is 362 g/mol. The van der Waals surface area contributed by atoms with Crippen LogP contribution in [0.3, 0.4) is 0 Å². The summed E-state index contributed by atoms with van der Waals surface area (Å²) in [6.07, 6.45) is 0. The molecule has 0 aliphatic carbocycles. The third kappa shape index (κ3) is 3.73. The zero-order chi connectivity index (χ0) is 20.4. The Bertz CT molecular complexity index is 1040. The average molecular weight is 387 g/mol. The lowest BCUT2D eigenvalue weighted by Crippen LogP contribution is -2.54.